The molecule has 0 bridgehead atoms. The van der Waals surface area contributed by atoms with Crippen LogP contribution in [-0.2, 0) is 9.53 Å². The molecule has 2 rings (SSSR count). The molecule has 0 saturated heterocycles. The number of ether oxygens (including phenoxy) is 1. The van der Waals surface area contributed by atoms with Gasteiger partial charge < -0.3 is 10.5 Å². The highest BCUT2D eigenvalue weighted by molar-refractivity contribution is 7.17. The average Bonchev–Trinajstić information content (AvgIpc) is 3.04. The van der Waals surface area contributed by atoms with Crippen LogP contribution in [0.4, 0.5) is 4.79 Å². The number of nitrogens with two attached hydrogens (primary N) is 1. The number of rotatable bonds is 4. The van der Waals surface area contributed by atoms with E-state index in [9.17, 15) is 14.4 Å². The first kappa shape index (κ1) is 15.1. The standard InChI is InChI=1S/C12H11N3O4S2/c1-6-9(11(17)19-4-8(16)15-12(13)18)21-10(14-6)7-2-3-20-5-7/h2-3,5H,4H2,1H3,(H3,13,15,16,18). The van der Waals surface area contributed by atoms with Gasteiger partial charge in [-0.1, -0.05) is 0 Å². The zero-order valence-corrected chi connectivity index (χ0v) is 12.5. The van der Waals surface area contributed by atoms with Gasteiger partial charge in [0.15, 0.2) is 6.61 Å². The molecule has 21 heavy (non-hydrogen) atoms. The van der Waals surface area contributed by atoms with Gasteiger partial charge in [-0.2, -0.15) is 11.3 Å². The van der Waals surface area contributed by atoms with Crippen molar-refractivity contribution >= 4 is 40.6 Å². The van der Waals surface area contributed by atoms with Crippen molar-refractivity contribution in [1.29, 1.82) is 0 Å². The highest BCUT2D eigenvalue weighted by Gasteiger charge is 2.19. The van der Waals surface area contributed by atoms with Gasteiger partial charge in [0.1, 0.15) is 9.88 Å². The molecule has 0 aliphatic heterocycles. The fourth-order valence-electron chi connectivity index (χ4n) is 1.47. The van der Waals surface area contributed by atoms with E-state index in [4.69, 9.17) is 10.5 Å². The molecule has 110 valence electrons. The van der Waals surface area contributed by atoms with E-state index in [0.717, 1.165) is 5.56 Å². The molecule has 0 atom stereocenters. The van der Waals surface area contributed by atoms with Crippen LogP contribution in [-0.4, -0.2) is 29.5 Å². The number of carbonyl (C=O) groups is 3. The van der Waals surface area contributed by atoms with E-state index in [0.29, 0.717) is 15.6 Å². The normalized spacial score (nSPS) is 10.1. The van der Waals surface area contributed by atoms with Crippen molar-refractivity contribution in [2.24, 2.45) is 5.73 Å². The third-order valence-corrected chi connectivity index (χ3v) is 4.22. The lowest BCUT2D eigenvalue weighted by Gasteiger charge is -2.02. The molecule has 2 heterocycles. The molecular formula is C12H11N3O4S2. The minimum absolute atomic E-state index is 0.322. The van der Waals surface area contributed by atoms with Crippen LogP contribution >= 0.6 is 22.7 Å². The van der Waals surface area contributed by atoms with E-state index in [1.54, 1.807) is 12.2 Å². The summed E-state index contributed by atoms with van der Waals surface area (Å²) >= 11 is 2.72. The summed E-state index contributed by atoms with van der Waals surface area (Å²) in [5.41, 5.74) is 6.23. The van der Waals surface area contributed by atoms with Crippen molar-refractivity contribution < 1.29 is 19.1 Å². The van der Waals surface area contributed by atoms with Crippen LogP contribution < -0.4 is 11.1 Å². The monoisotopic (exact) mass is 325 g/mol. The first-order valence-corrected chi connectivity index (χ1v) is 7.49. The molecule has 0 aliphatic carbocycles. The highest BCUT2D eigenvalue weighted by atomic mass is 32.1. The van der Waals surface area contributed by atoms with Gasteiger partial charge >= 0.3 is 12.0 Å². The third kappa shape index (κ3) is 3.86. The summed E-state index contributed by atoms with van der Waals surface area (Å²) in [5.74, 6) is -1.44. The molecule has 0 aliphatic rings. The second-order valence-electron chi connectivity index (χ2n) is 3.93. The van der Waals surface area contributed by atoms with Crippen molar-refractivity contribution in [1.82, 2.24) is 10.3 Å². The number of aromatic nitrogens is 1. The van der Waals surface area contributed by atoms with Crippen molar-refractivity contribution in [3.05, 3.63) is 27.4 Å². The first-order valence-electron chi connectivity index (χ1n) is 5.73. The number of nitrogens with zero attached hydrogens (tertiary/aromatic N) is 1. The highest BCUT2D eigenvalue weighted by Crippen LogP contribution is 2.29. The minimum Gasteiger partial charge on any atom is -0.451 e. The Bertz CT molecular complexity index is 679. The summed E-state index contributed by atoms with van der Waals surface area (Å²) < 4.78 is 4.82. The smallest absolute Gasteiger partial charge is 0.350 e. The lowest BCUT2D eigenvalue weighted by atomic mass is 10.3. The van der Waals surface area contributed by atoms with E-state index in [-0.39, 0.29) is 0 Å². The van der Waals surface area contributed by atoms with E-state index >= 15 is 0 Å². The second kappa shape index (κ2) is 6.46. The first-order chi connectivity index (χ1) is 9.97. The Kier molecular flexibility index (Phi) is 4.66. The number of nitrogens with one attached hydrogen (secondary N) is 1. The molecule has 0 fully saturated rings. The summed E-state index contributed by atoms with van der Waals surface area (Å²) in [6.07, 6.45) is 0. The Morgan fingerprint density at radius 1 is 1.43 bits per heavy atom. The second-order valence-corrected chi connectivity index (χ2v) is 5.71. The van der Waals surface area contributed by atoms with Crippen LogP contribution in [0.3, 0.4) is 0 Å². The Balaban J connectivity index is 2.03. The Morgan fingerprint density at radius 2 is 2.19 bits per heavy atom. The van der Waals surface area contributed by atoms with Crippen molar-refractivity contribution in [3.8, 4) is 10.6 Å². The molecule has 0 saturated carbocycles. The maximum atomic E-state index is 11.9. The fraction of sp³-hybridized carbons (Fsp3) is 0.167. The van der Waals surface area contributed by atoms with E-state index in [2.05, 4.69) is 4.98 Å². The van der Waals surface area contributed by atoms with Gasteiger partial charge in [0, 0.05) is 10.9 Å². The molecule has 2 aromatic heterocycles. The number of amides is 3. The Hall–Kier alpha value is -2.26. The Labute approximate surface area is 127 Å². The van der Waals surface area contributed by atoms with Crippen LogP contribution in [0.2, 0.25) is 0 Å². The average molecular weight is 325 g/mol. The number of esters is 1. The molecular weight excluding hydrogens is 314 g/mol. The molecule has 9 heteroatoms. The van der Waals surface area contributed by atoms with Crippen LogP contribution in [0.15, 0.2) is 16.8 Å². The zero-order chi connectivity index (χ0) is 15.4. The molecule has 0 unspecified atom stereocenters. The number of primary amides is 1. The number of imide groups is 1. The number of urea groups is 1. The summed E-state index contributed by atoms with van der Waals surface area (Å²) in [6.45, 7) is 1.11. The van der Waals surface area contributed by atoms with E-state index in [1.807, 2.05) is 16.8 Å². The number of thiophene rings is 1. The number of hydrogen-bond donors (Lipinski definition) is 2. The number of aryl methyl sites for hydroxylation is 1. The molecule has 7 nitrogen and oxygen atoms in total. The fourth-order valence-corrected chi connectivity index (χ4v) is 3.14. The molecule has 0 radical (unpaired) electrons. The summed E-state index contributed by atoms with van der Waals surface area (Å²) in [6, 6.07) is 0.906. The van der Waals surface area contributed by atoms with Gasteiger partial charge in [-0.25, -0.2) is 14.6 Å². The maximum absolute atomic E-state index is 11.9. The zero-order valence-electron chi connectivity index (χ0n) is 10.9. The Morgan fingerprint density at radius 3 is 2.81 bits per heavy atom. The van der Waals surface area contributed by atoms with Crippen molar-refractivity contribution in [2.45, 2.75) is 6.92 Å². The van der Waals surface area contributed by atoms with E-state index in [1.165, 1.54) is 22.7 Å². The number of hydrogen-bond acceptors (Lipinski definition) is 7. The summed E-state index contributed by atoms with van der Waals surface area (Å²) in [4.78, 5) is 38.1. The van der Waals surface area contributed by atoms with Gasteiger partial charge in [-0.3, -0.25) is 10.1 Å². The lowest BCUT2D eigenvalue weighted by molar-refractivity contribution is -0.123. The van der Waals surface area contributed by atoms with Crippen LogP contribution in [0, 0.1) is 6.92 Å². The SMILES string of the molecule is Cc1nc(-c2ccsc2)sc1C(=O)OCC(=O)NC(N)=O. The molecule has 2 aromatic rings. The van der Waals surface area contributed by atoms with Gasteiger partial charge in [-0.05, 0) is 18.4 Å². The topological polar surface area (TPSA) is 111 Å². The number of carbonyl (C=O) groups excluding carboxylic acids is 3. The lowest BCUT2D eigenvalue weighted by Crippen LogP contribution is -2.37. The van der Waals surface area contributed by atoms with Crippen LogP contribution in [0.1, 0.15) is 15.4 Å². The van der Waals surface area contributed by atoms with Crippen LogP contribution in [0.25, 0.3) is 10.6 Å². The molecule has 0 aromatic carbocycles. The summed E-state index contributed by atoms with van der Waals surface area (Å²) in [7, 11) is 0. The van der Waals surface area contributed by atoms with Gasteiger partial charge in [0.05, 0.1) is 5.69 Å². The quantitative estimate of drug-likeness (QED) is 0.828. The molecule has 3 amide bonds. The van der Waals surface area contributed by atoms with Gasteiger partial charge in [-0.15, -0.1) is 11.3 Å². The third-order valence-electron chi connectivity index (χ3n) is 2.35. The predicted molar refractivity (Wildman–Crippen MR) is 78.2 cm³/mol. The van der Waals surface area contributed by atoms with Crippen molar-refractivity contribution in [2.75, 3.05) is 6.61 Å². The maximum Gasteiger partial charge on any atom is 0.350 e. The summed E-state index contributed by atoms with van der Waals surface area (Å²) in [5, 5.41) is 6.35. The largest absolute Gasteiger partial charge is 0.451 e. The van der Waals surface area contributed by atoms with E-state index < -0.39 is 24.5 Å². The van der Waals surface area contributed by atoms with Gasteiger partial charge in [0.25, 0.3) is 5.91 Å². The van der Waals surface area contributed by atoms with Crippen LogP contribution in [0.5, 0.6) is 0 Å². The number of thiazole rings is 1. The minimum atomic E-state index is -0.996. The molecule has 3 N–H and O–H groups in total. The van der Waals surface area contributed by atoms with Gasteiger partial charge in [0.2, 0.25) is 0 Å². The van der Waals surface area contributed by atoms with Crippen molar-refractivity contribution in [3.63, 3.8) is 0 Å². The predicted octanol–water partition coefficient (Wildman–Crippen LogP) is 1.53. The molecule has 0 spiro atoms.